The molecule has 2 rings (SSSR count). The number of aryl methyl sites for hydroxylation is 1. The Morgan fingerprint density at radius 3 is 2.89 bits per heavy atom. The van der Waals surface area contributed by atoms with E-state index in [1.807, 2.05) is 0 Å². The van der Waals surface area contributed by atoms with Crippen molar-refractivity contribution >= 4 is 11.3 Å². The Hall–Kier alpha value is -0.340. The summed E-state index contributed by atoms with van der Waals surface area (Å²) in [6.07, 6.45) is 0.441. The topological polar surface area (TPSA) is 12.5 Å². The maximum absolute atomic E-state index is 5.14. The zero-order valence-electron chi connectivity index (χ0n) is 5.26. The molecule has 0 N–H and O–H groups in total. The molecule has 1 aromatic heterocycles. The van der Waals surface area contributed by atoms with Crippen LogP contribution in [0.5, 0.6) is 0 Å². The SMILES string of the molecule is Cc1cscc1[C@H]1CO1. The zero-order valence-corrected chi connectivity index (χ0v) is 6.07. The lowest BCUT2D eigenvalue weighted by Gasteiger charge is -1.88. The molecule has 1 aliphatic rings. The number of ether oxygens (including phenoxy) is 1. The van der Waals surface area contributed by atoms with Crippen molar-refractivity contribution in [3.05, 3.63) is 21.9 Å². The Morgan fingerprint density at radius 2 is 2.44 bits per heavy atom. The zero-order chi connectivity index (χ0) is 6.27. The van der Waals surface area contributed by atoms with Crippen molar-refractivity contribution in [2.45, 2.75) is 13.0 Å². The van der Waals surface area contributed by atoms with Crippen LogP contribution in [0.2, 0.25) is 0 Å². The largest absolute Gasteiger partial charge is 0.368 e. The minimum atomic E-state index is 0.441. The molecule has 1 fully saturated rings. The minimum absolute atomic E-state index is 0.441. The highest BCUT2D eigenvalue weighted by Gasteiger charge is 2.26. The molecule has 48 valence electrons. The van der Waals surface area contributed by atoms with Gasteiger partial charge < -0.3 is 4.74 Å². The van der Waals surface area contributed by atoms with E-state index in [1.165, 1.54) is 11.1 Å². The highest BCUT2D eigenvalue weighted by atomic mass is 32.1. The fourth-order valence-electron chi connectivity index (χ4n) is 0.928. The molecule has 0 unspecified atom stereocenters. The van der Waals surface area contributed by atoms with Crippen LogP contribution in [-0.4, -0.2) is 6.61 Å². The first-order valence-corrected chi connectivity index (χ1v) is 3.96. The van der Waals surface area contributed by atoms with Gasteiger partial charge in [0.2, 0.25) is 0 Å². The maximum atomic E-state index is 5.14. The van der Waals surface area contributed by atoms with Gasteiger partial charge in [-0.1, -0.05) is 0 Å². The van der Waals surface area contributed by atoms with Crippen molar-refractivity contribution < 1.29 is 4.74 Å². The van der Waals surface area contributed by atoms with Crippen LogP contribution in [-0.2, 0) is 4.74 Å². The number of hydrogen-bond donors (Lipinski definition) is 0. The molecule has 0 amide bonds. The predicted octanol–water partition coefficient (Wildman–Crippen LogP) is 2.13. The third kappa shape index (κ3) is 0.884. The molecule has 0 saturated carbocycles. The Labute approximate surface area is 58.3 Å². The monoisotopic (exact) mass is 140 g/mol. The van der Waals surface area contributed by atoms with E-state index >= 15 is 0 Å². The van der Waals surface area contributed by atoms with Crippen LogP contribution in [0, 0.1) is 6.92 Å². The molecular formula is C7H8OS. The standard InChI is InChI=1S/C7H8OS/c1-5-3-9-4-6(5)7-2-8-7/h3-4,7H,2H2,1H3/t7-/m1/s1. The van der Waals surface area contributed by atoms with Gasteiger partial charge in [-0.3, -0.25) is 0 Å². The van der Waals surface area contributed by atoms with Crippen molar-refractivity contribution in [3.8, 4) is 0 Å². The predicted molar refractivity (Wildman–Crippen MR) is 37.7 cm³/mol. The highest BCUT2D eigenvalue weighted by Crippen LogP contribution is 2.33. The van der Waals surface area contributed by atoms with Crippen molar-refractivity contribution in [2.24, 2.45) is 0 Å². The van der Waals surface area contributed by atoms with Crippen LogP contribution in [0.1, 0.15) is 17.2 Å². The van der Waals surface area contributed by atoms with E-state index in [-0.39, 0.29) is 0 Å². The van der Waals surface area contributed by atoms with Crippen LogP contribution in [0.25, 0.3) is 0 Å². The van der Waals surface area contributed by atoms with Crippen molar-refractivity contribution in [1.29, 1.82) is 0 Å². The summed E-state index contributed by atoms with van der Waals surface area (Å²) < 4.78 is 5.14. The molecule has 9 heavy (non-hydrogen) atoms. The van der Waals surface area contributed by atoms with Crippen molar-refractivity contribution in [1.82, 2.24) is 0 Å². The Bertz CT molecular complexity index is 212. The molecule has 0 spiro atoms. The second-order valence-electron chi connectivity index (χ2n) is 2.33. The summed E-state index contributed by atoms with van der Waals surface area (Å²) >= 11 is 1.75. The van der Waals surface area contributed by atoms with Gasteiger partial charge in [0.25, 0.3) is 0 Å². The van der Waals surface area contributed by atoms with Gasteiger partial charge >= 0.3 is 0 Å². The molecule has 0 aliphatic carbocycles. The van der Waals surface area contributed by atoms with E-state index < -0.39 is 0 Å². The van der Waals surface area contributed by atoms with E-state index in [0.29, 0.717) is 6.10 Å². The number of hydrogen-bond acceptors (Lipinski definition) is 2. The molecule has 1 atom stereocenters. The van der Waals surface area contributed by atoms with Crippen LogP contribution in [0.4, 0.5) is 0 Å². The van der Waals surface area contributed by atoms with Gasteiger partial charge in [-0.05, 0) is 28.8 Å². The Kier molecular flexibility index (Phi) is 1.10. The molecule has 2 heteroatoms. The molecule has 1 aromatic rings. The van der Waals surface area contributed by atoms with E-state index in [9.17, 15) is 0 Å². The number of rotatable bonds is 1. The summed E-state index contributed by atoms with van der Waals surface area (Å²) in [5, 5.41) is 4.34. The molecule has 2 heterocycles. The average molecular weight is 140 g/mol. The smallest absolute Gasteiger partial charge is 0.107 e. The molecule has 1 nitrogen and oxygen atoms in total. The van der Waals surface area contributed by atoms with Gasteiger partial charge in [0.05, 0.1) is 6.61 Å². The van der Waals surface area contributed by atoms with E-state index in [1.54, 1.807) is 11.3 Å². The lowest BCUT2D eigenvalue weighted by molar-refractivity contribution is 0.415. The normalized spacial score (nSPS) is 24.3. The van der Waals surface area contributed by atoms with E-state index in [2.05, 4.69) is 17.7 Å². The van der Waals surface area contributed by atoms with Gasteiger partial charge in [-0.15, -0.1) is 0 Å². The van der Waals surface area contributed by atoms with E-state index in [4.69, 9.17) is 4.74 Å². The summed E-state index contributed by atoms with van der Waals surface area (Å²) in [6, 6.07) is 0. The number of thiophene rings is 1. The first-order chi connectivity index (χ1) is 4.38. The fourth-order valence-corrected chi connectivity index (χ4v) is 1.82. The van der Waals surface area contributed by atoms with E-state index in [0.717, 1.165) is 6.61 Å². The van der Waals surface area contributed by atoms with Crippen LogP contribution >= 0.6 is 11.3 Å². The number of epoxide rings is 1. The highest BCUT2D eigenvalue weighted by molar-refractivity contribution is 7.08. The van der Waals surface area contributed by atoms with Crippen LogP contribution < -0.4 is 0 Å². The fraction of sp³-hybridized carbons (Fsp3) is 0.429. The summed E-state index contributed by atoms with van der Waals surface area (Å²) in [7, 11) is 0. The third-order valence-corrected chi connectivity index (χ3v) is 2.46. The van der Waals surface area contributed by atoms with Crippen molar-refractivity contribution in [3.63, 3.8) is 0 Å². The molecule has 1 saturated heterocycles. The minimum Gasteiger partial charge on any atom is -0.368 e. The van der Waals surface area contributed by atoms with Crippen LogP contribution in [0.3, 0.4) is 0 Å². The summed E-state index contributed by atoms with van der Waals surface area (Å²) in [6.45, 7) is 3.06. The van der Waals surface area contributed by atoms with Gasteiger partial charge in [0.1, 0.15) is 6.10 Å². The second-order valence-corrected chi connectivity index (χ2v) is 3.08. The Balaban J connectivity index is 2.35. The summed E-state index contributed by atoms with van der Waals surface area (Å²) in [5.74, 6) is 0. The lowest BCUT2D eigenvalue weighted by Crippen LogP contribution is -1.76. The lowest BCUT2D eigenvalue weighted by atomic mass is 10.2. The van der Waals surface area contributed by atoms with Gasteiger partial charge in [-0.25, -0.2) is 0 Å². The quantitative estimate of drug-likeness (QED) is 0.544. The van der Waals surface area contributed by atoms with Crippen LogP contribution in [0.15, 0.2) is 10.8 Å². The molecule has 0 radical (unpaired) electrons. The molecular weight excluding hydrogens is 132 g/mol. The second kappa shape index (κ2) is 1.82. The van der Waals surface area contributed by atoms with Gasteiger partial charge in [0, 0.05) is 0 Å². The molecule has 1 aliphatic heterocycles. The van der Waals surface area contributed by atoms with Gasteiger partial charge in [-0.2, -0.15) is 11.3 Å². The molecule has 0 bridgehead atoms. The maximum Gasteiger partial charge on any atom is 0.107 e. The summed E-state index contributed by atoms with van der Waals surface area (Å²) in [4.78, 5) is 0. The first-order valence-electron chi connectivity index (χ1n) is 3.02. The van der Waals surface area contributed by atoms with Gasteiger partial charge in [0.15, 0.2) is 0 Å². The average Bonchev–Trinajstić information content (AvgIpc) is 2.58. The summed E-state index contributed by atoms with van der Waals surface area (Å²) in [5.41, 5.74) is 2.77. The van der Waals surface area contributed by atoms with Crippen molar-refractivity contribution in [2.75, 3.05) is 6.61 Å². The first kappa shape index (κ1) is 5.45. The Morgan fingerprint density at radius 1 is 1.67 bits per heavy atom. The third-order valence-electron chi connectivity index (χ3n) is 1.58. The molecule has 0 aromatic carbocycles.